The van der Waals surface area contributed by atoms with Crippen LogP contribution in [0.5, 0.6) is 11.5 Å². The van der Waals surface area contributed by atoms with E-state index in [0.717, 1.165) is 0 Å². The summed E-state index contributed by atoms with van der Waals surface area (Å²) < 4.78 is 5.43. The number of pyridine rings is 1. The Labute approximate surface area is 100 Å². The van der Waals surface area contributed by atoms with Gasteiger partial charge in [-0.1, -0.05) is 12.1 Å². The molecule has 0 saturated carbocycles. The van der Waals surface area contributed by atoms with Gasteiger partial charge in [-0.3, -0.25) is 14.9 Å². The van der Waals surface area contributed by atoms with Gasteiger partial charge in [0, 0.05) is 6.20 Å². The van der Waals surface area contributed by atoms with Gasteiger partial charge in [-0.05, 0) is 12.1 Å². The van der Waals surface area contributed by atoms with Gasteiger partial charge in [0.1, 0.15) is 5.69 Å². The number of aromatic amines is 1. The molecule has 90 valence electrons. The van der Waals surface area contributed by atoms with Crippen LogP contribution in [0, 0.1) is 10.1 Å². The first-order chi connectivity index (χ1) is 8.66. The molecule has 0 radical (unpaired) electrons. The van der Waals surface area contributed by atoms with Crippen molar-refractivity contribution in [3.05, 3.63) is 50.9 Å². The van der Waals surface area contributed by atoms with Gasteiger partial charge >= 0.3 is 11.2 Å². The van der Waals surface area contributed by atoms with Gasteiger partial charge in [0.15, 0.2) is 5.75 Å². The normalized spacial score (nSPS) is 11.8. The molecule has 0 aliphatic carbocycles. The van der Waals surface area contributed by atoms with Crippen LogP contribution < -0.4 is 15.6 Å². The molecule has 1 aromatic carbocycles. The summed E-state index contributed by atoms with van der Waals surface area (Å²) in [5.74, 6) is 0.376. The van der Waals surface area contributed by atoms with Gasteiger partial charge in [-0.2, -0.15) is 0 Å². The molecule has 0 unspecified atom stereocenters. The van der Waals surface area contributed by atoms with Crippen molar-refractivity contribution in [3.8, 4) is 11.5 Å². The number of nitro groups is 1. The van der Waals surface area contributed by atoms with Crippen LogP contribution in [0.3, 0.4) is 0 Å². The molecule has 3 rings (SSSR count). The number of para-hydroxylation sites is 2. The lowest BCUT2D eigenvalue weighted by atomic mass is 10.2. The number of nitrogens with one attached hydrogen (secondary N) is 2. The van der Waals surface area contributed by atoms with Crippen LogP contribution in [-0.2, 0) is 0 Å². The van der Waals surface area contributed by atoms with E-state index in [1.807, 2.05) is 0 Å². The Morgan fingerprint density at radius 1 is 1.22 bits per heavy atom. The fourth-order valence-corrected chi connectivity index (χ4v) is 1.78. The number of hydrogen-bond donors (Lipinski definition) is 2. The molecule has 2 N–H and O–H groups in total. The Hall–Kier alpha value is -2.83. The van der Waals surface area contributed by atoms with E-state index in [1.54, 1.807) is 24.3 Å². The average molecular weight is 245 g/mol. The van der Waals surface area contributed by atoms with E-state index in [4.69, 9.17) is 4.74 Å². The van der Waals surface area contributed by atoms with Crippen LogP contribution in [0.2, 0.25) is 0 Å². The Morgan fingerprint density at radius 2 is 2.00 bits per heavy atom. The Morgan fingerprint density at radius 3 is 2.78 bits per heavy atom. The highest BCUT2D eigenvalue weighted by molar-refractivity contribution is 5.78. The molecule has 0 spiro atoms. The van der Waals surface area contributed by atoms with E-state index in [1.165, 1.54) is 6.20 Å². The first kappa shape index (κ1) is 10.3. The standard InChI is InChI=1S/C11H7N3O4/c15-11-9(14(16)17)10-7(5-12-11)13-6-3-1-2-4-8(6)18-10/h1-5,13H,(H,12,15). The van der Waals surface area contributed by atoms with Crippen LogP contribution in [0.25, 0.3) is 0 Å². The number of fused-ring (bicyclic) bond motifs is 2. The molecule has 18 heavy (non-hydrogen) atoms. The second-order valence-corrected chi connectivity index (χ2v) is 3.69. The van der Waals surface area contributed by atoms with E-state index >= 15 is 0 Å². The fourth-order valence-electron chi connectivity index (χ4n) is 1.78. The first-order valence-electron chi connectivity index (χ1n) is 5.11. The smallest absolute Gasteiger partial charge is 0.378 e. The predicted octanol–water partition coefficient (Wildman–Crippen LogP) is 2.13. The average Bonchev–Trinajstić information content (AvgIpc) is 2.36. The molecule has 1 aromatic heterocycles. The van der Waals surface area contributed by atoms with Crippen molar-refractivity contribution in [1.29, 1.82) is 0 Å². The summed E-state index contributed by atoms with van der Waals surface area (Å²) in [6, 6.07) is 6.98. The largest absolute Gasteiger partial charge is 0.445 e. The summed E-state index contributed by atoms with van der Waals surface area (Å²) in [5.41, 5.74) is -0.346. The number of nitrogens with zero attached hydrogens (tertiary/aromatic N) is 1. The predicted molar refractivity (Wildman–Crippen MR) is 63.5 cm³/mol. The molecule has 1 aliphatic rings. The minimum Gasteiger partial charge on any atom is -0.445 e. The third kappa shape index (κ3) is 1.41. The zero-order chi connectivity index (χ0) is 12.7. The topological polar surface area (TPSA) is 97.3 Å². The van der Waals surface area contributed by atoms with Crippen LogP contribution >= 0.6 is 0 Å². The number of ether oxygens (including phenoxy) is 1. The zero-order valence-corrected chi connectivity index (χ0v) is 8.97. The Balaban J connectivity index is 2.22. The molecule has 0 bridgehead atoms. The number of H-pyrrole nitrogens is 1. The maximum absolute atomic E-state index is 11.4. The Kier molecular flexibility index (Phi) is 2.06. The highest BCUT2D eigenvalue weighted by Gasteiger charge is 2.28. The van der Waals surface area contributed by atoms with Crippen LogP contribution in [0.4, 0.5) is 17.1 Å². The quantitative estimate of drug-likeness (QED) is 0.505. The molecule has 7 heteroatoms. The molecule has 7 nitrogen and oxygen atoms in total. The summed E-state index contributed by atoms with van der Waals surface area (Å²) >= 11 is 0. The molecular formula is C11H7N3O4. The van der Waals surface area contributed by atoms with Crippen LogP contribution in [0.15, 0.2) is 35.3 Å². The second kappa shape index (κ2) is 3.59. The summed E-state index contributed by atoms with van der Waals surface area (Å²) in [6.07, 6.45) is 1.35. The molecule has 2 heterocycles. The van der Waals surface area contributed by atoms with E-state index in [0.29, 0.717) is 17.1 Å². The molecular weight excluding hydrogens is 238 g/mol. The van der Waals surface area contributed by atoms with Crippen LogP contribution in [0.1, 0.15) is 0 Å². The van der Waals surface area contributed by atoms with Gasteiger partial charge in [0.2, 0.25) is 5.75 Å². The fraction of sp³-hybridized carbons (Fsp3) is 0. The second-order valence-electron chi connectivity index (χ2n) is 3.69. The number of anilines is 2. The van der Waals surface area contributed by atoms with Crippen molar-refractivity contribution >= 4 is 17.1 Å². The van der Waals surface area contributed by atoms with E-state index < -0.39 is 16.2 Å². The minimum atomic E-state index is -0.792. The lowest BCUT2D eigenvalue weighted by molar-refractivity contribution is -0.387. The van der Waals surface area contributed by atoms with Crippen molar-refractivity contribution in [2.75, 3.05) is 5.32 Å². The van der Waals surface area contributed by atoms with Crippen molar-refractivity contribution in [1.82, 2.24) is 4.98 Å². The van der Waals surface area contributed by atoms with Crippen molar-refractivity contribution in [3.63, 3.8) is 0 Å². The summed E-state index contributed by atoms with van der Waals surface area (Å²) in [5, 5.41) is 13.8. The molecule has 0 amide bonds. The number of rotatable bonds is 1. The van der Waals surface area contributed by atoms with E-state index in [-0.39, 0.29) is 5.75 Å². The molecule has 1 aliphatic heterocycles. The maximum atomic E-state index is 11.4. The van der Waals surface area contributed by atoms with Crippen molar-refractivity contribution < 1.29 is 9.66 Å². The summed E-state index contributed by atoms with van der Waals surface area (Å²) in [4.78, 5) is 23.9. The lowest BCUT2D eigenvalue weighted by Crippen LogP contribution is -2.15. The first-order valence-corrected chi connectivity index (χ1v) is 5.11. The molecule has 0 saturated heterocycles. The van der Waals surface area contributed by atoms with E-state index in [9.17, 15) is 14.9 Å². The summed E-state index contributed by atoms with van der Waals surface area (Å²) in [6.45, 7) is 0. The van der Waals surface area contributed by atoms with Crippen LogP contribution in [-0.4, -0.2) is 9.91 Å². The van der Waals surface area contributed by atoms with Crippen molar-refractivity contribution in [2.24, 2.45) is 0 Å². The SMILES string of the molecule is O=c1[nH]cc2c(c1[N+](=O)[O-])Oc1ccccc1N2. The molecule has 2 aromatic rings. The van der Waals surface area contributed by atoms with Gasteiger partial charge in [-0.25, -0.2) is 0 Å². The third-order valence-corrected chi connectivity index (χ3v) is 2.57. The number of benzene rings is 1. The van der Waals surface area contributed by atoms with Gasteiger partial charge < -0.3 is 15.0 Å². The zero-order valence-electron chi connectivity index (χ0n) is 8.97. The molecule has 0 atom stereocenters. The summed E-state index contributed by atoms with van der Waals surface area (Å²) in [7, 11) is 0. The van der Waals surface area contributed by atoms with Gasteiger partial charge in [0.25, 0.3) is 0 Å². The minimum absolute atomic E-state index is 0.0672. The number of aromatic nitrogens is 1. The molecule has 0 fully saturated rings. The van der Waals surface area contributed by atoms with Gasteiger partial charge in [0.05, 0.1) is 10.6 Å². The monoisotopic (exact) mass is 245 g/mol. The van der Waals surface area contributed by atoms with Gasteiger partial charge in [-0.15, -0.1) is 0 Å². The van der Waals surface area contributed by atoms with E-state index in [2.05, 4.69) is 10.3 Å². The third-order valence-electron chi connectivity index (χ3n) is 2.57. The number of hydrogen-bond acceptors (Lipinski definition) is 5. The lowest BCUT2D eigenvalue weighted by Gasteiger charge is -2.20. The van der Waals surface area contributed by atoms with Crippen molar-refractivity contribution in [2.45, 2.75) is 0 Å². The maximum Gasteiger partial charge on any atom is 0.378 e. The highest BCUT2D eigenvalue weighted by Crippen LogP contribution is 2.44. The highest BCUT2D eigenvalue weighted by atomic mass is 16.6. The Bertz CT molecular complexity index is 708.